The summed E-state index contributed by atoms with van der Waals surface area (Å²) in [4.78, 5) is 38.8. The number of hydrogen-bond donors (Lipinski definition) is 0. The second-order valence-electron chi connectivity index (χ2n) is 17.1. The van der Waals surface area contributed by atoms with Gasteiger partial charge in [0.25, 0.3) is 8.53 Å². The van der Waals surface area contributed by atoms with E-state index in [1.165, 1.54) is 18.6 Å². The normalized spacial score (nSPS) is 19.1. The number of ether oxygens (including phenoxy) is 7. The highest BCUT2D eigenvalue weighted by atomic mass is 31.2. The van der Waals surface area contributed by atoms with E-state index in [1.807, 2.05) is 97.9 Å². The van der Waals surface area contributed by atoms with Crippen molar-refractivity contribution in [3.8, 4) is 11.5 Å². The summed E-state index contributed by atoms with van der Waals surface area (Å²) in [5.74, 6) is -0.459. The van der Waals surface area contributed by atoms with Crippen LogP contribution in [-0.2, 0) is 54.3 Å². The lowest BCUT2D eigenvalue weighted by atomic mass is 9.80. The lowest BCUT2D eigenvalue weighted by Crippen LogP contribution is -2.55. The zero-order chi connectivity index (χ0) is 48.3. The average molecular weight is 941 g/mol. The van der Waals surface area contributed by atoms with Gasteiger partial charge in [-0.3, -0.25) is 9.36 Å². The van der Waals surface area contributed by atoms with E-state index < -0.39 is 56.6 Å². The van der Waals surface area contributed by atoms with Crippen molar-refractivity contribution in [2.45, 2.75) is 97.5 Å². The Labute approximate surface area is 395 Å². The molecule has 1 aliphatic rings. The van der Waals surface area contributed by atoms with E-state index >= 15 is 0 Å². The Morgan fingerprint density at radius 1 is 0.716 bits per heavy atom. The van der Waals surface area contributed by atoms with Crippen molar-refractivity contribution < 1.29 is 56.6 Å². The van der Waals surface area contributed by atoms with Crippen molar-refractivity contribution in [3.63, 3.8) is 0 Å². The number of para-hydroxylation sites is 1. The van der Waals surface area contributed by atoms with E-state index in [4.69, 9.17) is 42.2 Å². The molecule has 5 aromatic rings. The number of hydrogen-bond acceptors (Lipinski definition) is 13. The second kappa shape index (κ2) is 23.6. The van der Waals surface area contributed by atoms with E-state index in [0.29, 0.717) is 38.2 Å². The van der Waals surface area contributed by atoms with Crippen LogP contribution in [0.3, 0.4) is 0 Å². The molecule has 4 aromatic carbocycles. The number of aromatic nitrogens is 1. The Morgan fingerprint density at radius 2 is 1.28 bits per heavy atom. The van der Waals surface area contributed by atoms with Gasteiger partial charge in [0.05, 0.1) is 46.7 Å². The van der Waals surface area contributed by atoms with Crippen LogP contribution in [-0.4, -0.2) is 99.0 Å². The molecule has 360 valence electrons. The molecule has 6 atom stereocenters. The van der Waals surface area contributed by atoms with E-state index in [0.717, 1.165) is 39.1 Å². The fourth-order valence-electron chi connectivity index (χ4n) is 8.64. The molecule has 0 aliphatic carbocycles. The van der Waals surface area contributed by atoms with Crippen LogP contribution in [0.1, 0.15) is 77.1 Å². The highest BCUT2D eigenvalue weighted by molar-refractivity contribution is 7.44. The van der Waals surface area contributed by atoms with Crippen LogP contribution in [0, 0.1) is 11.8 Å². The van der Waals surface area contributed by atoms with Crippen LogP contribution in [0.15, 0.2) is 109 Å². The molecule has 2 heterocycles. The maximum absolute atomic E-state index is 14.0. The first-order valence-corrected chi connectivity index (χ1v) is 23.9. The number of esters is 2. The predicted octanol–water partition coefficient (Wildman–Crippen LogP) is 10.1. The Bertz CT molecular complexity index is 2320. The molecule has 0 saturated carbocycles. The molecule has 1 aliphatic heterocycles. The summed E-state index contributed by atoms with van der Waals surface area (Å²) in [5.41, 5.74) is 3.37. The minimum atomic E-state index is -1.52. The van der Waals surface area contributed by atoms with Crippen LogP contribution < -0.4 is 9.47 Å². The predicted molar refractivity (Wildman–Crippen MR) is 256 cm³/mol. The third-order valence-electron chi connectivity index (χ3n) is 12.1. The van der Waals surface area contributed by atoms with Gasteiger partial charge < -0.3 is 42.2 Å². The van der Waals surface area contributed by atoms with Gasteiger partial charge in [0.2, 0.25) is 6.29 Å². The Hall–Kier alpha value is -5.34. The molecule has 0 N–H and O–H groups in total. The first-order valence-electron chi connectivity index (χ1n) is 22.8. The summed E-state index contributed by atoms with van der Waals surface area (Å²) in [6.07, 6.45) is -1.35. The van der Waals surface area contributed by atoms with Gasteiger partial charge in [0.1, 0.15) is 17.1 Å². The van der Waals surface area contributed by atoms with Crippen molar-refractivity contribution in [3.05, 3.63) is 132 Å². The second-order valence-corrected chi connectivity index (χ2v) is 18.5. The molecule has 14 nitrogen and oxygen atoms in total. The van der Waals surface area contributed by atoms with Crippen molar-refractivity contribution >= 4 is 37.5 Å². The SMILES string of the molecule is COC(=O)C1OC(OC(=O)n2cc(CCOP(OCCCOC(c3ccccc3)(c3ccc(OC)cc3)c3ccc(OC)cc3)N(C(C)C)C(C)C)c3ccccc32)C(OC(C)=O)C(C)C1C. The lowest BCUT2D eigenvalue weighted by molar-refractivity contribution is -0.256. The third kappa shape index (κ3) is 11.9. The Balaban J connectivity index is 1.18. The lowest BCUT2D eigenvalue weighted by Gasteiger charge is -2.41. The molecule has 6 unspecified atom stereocenters. The van der Waals surface area contributed by atoms with Gasteiger partial charge in [-0.1, -0.05) is 86.6 Å². The molecular weight excluding hydrogens is 876 g/mol. The van der Waals surface area contributed by atoms with Gasteiger partial charge in [0, 0.05) is 36.5 Å². The highest BCUT2D eigenvalue weighted by Gasteiger charge is 2.49. The van der Waals surface area contributed by atoms with Gasteiger partial charge in [0.15, 0.2) is 12.2 Å². The first-order chi connectivity index (χ1) is 32.2. The molecule has 0 bridgehead atoms. The van der Waals surface area contributed by atoms with Gasteiger partial charge >= 0.3 is 18.0 Å². The summed E-state index contributed by atoms with van der Waals surface area (Å²) >= 11 is 0. The monoisotopic (exact) mass is 940 g/mol. The summed E-state index contributed by atoms with van der Waals surface area (Å²) in [6, 6.07) is 33.9. The number of carbonyl (C=O) groups is 3. The molecule has 0 amide bonds. The maximum atomic E-state index is 14.0. The number of nitrogens with zero attached hydrogens (tertiary/aromatic N) is 2. The minimum absolute atomic E-state index is 0.122. The van der Waals surface area contributed by atoms with E-state index in [1.54, 1.807) is 27.3 Å². The number of rotatable bonds is 21. The number of carbonyl (C=O) groups excluding carboxylic acids is 3. The molecule has 0 radical (unpaired) electrons. The van der Waals surface area contributed by atoms with E-state index in [2.05, 4.69) is 44.5 Å². The number of benzene rings is 4. The van der Waals surface area contributed by atoms with Crippen LogP contribution in [0.4, 0.5) is 4.79 Å². The van der Waals surface area contributed by atoms with Gasteiger partial charge in [-0.05, 0) is 99.0 Å². The number of fused-ring (bicyclic) bond motifs is 1. The first kappa shape index (κ1) is 51.1. The van der Waals surface area contributed by atoms with Gasteiger partial charge in [-0.15, -0.1) is 0 Å². The zero-order valence-corrected chi connectivity index (χ0v) is 41.1. The Morgan fingerprint density at radius 3 is 1.85 bits per heavy atom. The molecule has 67 heavy (non-hydrogen) atoms. The van der Waals surface area contributed by atoms with Crippen molar-refractivity contribution in [1.82, 2.24) is 9.24 Å². The molecule has 0 spiro atoms. The fraction of sp³-hybridized carbons (Fsp3) is 0.442. The summed E-state index contributed by atoms with van der Waals surface area (Å²) in [6.45, 7) is 14.4. The zero-order valence-electron chi connectivity index (χ0n) is 40.2. The molecule has 6 rings (SSSR count). The quantitative estimate of drug-likeness (QED) is 0.0227. The summed E-state index contributed by atoms with van der Waals surface area (Å²) < 4.78 is 57.5. The molecule has 1 saturated heterocycles. The molecule has 1 aromatic heterocycles. The van der Waals surface area contributed by atoms with E-state index in [9.17, 15) is 14.4 Å². The standard InChI is InChI=1S/C52H65N2O12P/c1-34(2)54(35(3)4)67(62-31-16-30-61-52(40-17-12-11-13-18-40,41-21-25-43(58-8)26-22-41)42-23-27-44(59-9)28-24-42)63-32-29-39-33-53(46-20-15-14-19-45(39)46)51(57)66-50-48(64-38(7)55)37(6)36(5)47(65-50)49(56)60-10/h11-15,17-28,33-37,47-48,50H,16,29-32H2,1-10H3. The molecule has 1 fully saturated rings. The maximum Gasteiger partial charge on any atom is 0.420 e. The fourth-order valence-corrected chi connectivity index (χ4v) is 10.3. The van der Waals surface area contributed by atoms with Crippen LogP contribution in [0.5, 0.6) is 11.5 Å². The molecular formula is C52H65N2O12P. The van der Waals surface area contributed by atoms with Crippen LogP contribution >= 0.6 is 8.53 Å². The van der Waals surface area contributed by atoms with Crippen LogP contribution in [0.2, 0.25) is 0 Å². The largest absolute Gasteiger partial charge is 0.497 e. The van der Waals surface area contributed by atoms with Crippen molar-refractivity contribution in [1.29, 1.82) is 0 Å². The summed E-state index contributed by atoms with van der Waals surface area (Å²) in [7, 11) is 3.05. The smallest absolute Gasteiger partial charge is 0.420 e. The van der Waals surface area contributed by atoms with E-state index in [-0.39, 0.29) is 18.0 Å². The van der Waals surface area contributed by atoms with Gasteiger partial charge in [-0.25, -0.2) is 14.3 Å². The third-order valence-corrected chi connectivity index (χ3v) is 14.2. The average Bonchev–Trinajstić information content (AvgIpc) is 3.70. The van der Waals surface area contributed by atoms with Crippen molar-refractivity contribution in [2.75, 3.05) is 41.2 Å². The molecule has 15 heteroatoms. The Kier molecular flexibility index (Phi) is 18.0. The number of methoxy groups -OCH3 is 3. The summed E-state index contributed by atoms with van der Waals surface area (Å²) in [5, 5.41) is 0.834. The van der Waals surface area contributed by atoms with Gasteiger partial charge in [-0.2, -0.15) is 0 Å². The minimum Gasteiger partial charge on any atom is -0.497 e. The topological polar surface area (TPSA) is 142 Å². The van der Waals surface area contributed by atoms with Crippen LogP contribution in [0.25, 0.3) is 10.9 Å². The highest BCUT2D eigenvalue weighted by Crippen LogP contribution is 2.47. The van der Waals surface area contributed by atoms with Crippen molar-refractivity contribution in [2.24, 2.45) is 11.8 Å².